The van der Waals surface area contributed by atoms with Crippen molar-refractivity contribution < 1.29 is 4.42 Å². The molecule has 2 aliphatic heterocycles. The molecule has 3 heterocycles. The molecular weight excluding hydrogens is 487 g/mol. The van der Waals surface area contributed by atoms with Gasteiger partial charge in [-0.05, 0) is 49.8 Å². The Morgan fingerprint density at radius 2 is 1.87 bits per heavy atom. The molecule has 30 heavy (non-hydrogen) atoms. The smallest absolute Gasteiger partial charge is 0.191 e. The van der Waals surface area contributed by atoms with Crippen LogP contribution < -0.4 is 10.6 Å². The van der Waals surface area contributed by atoms with Crippen LogP contribution in [0.5, 0.6) is 0 Å². The van der Waals surface area contributed by atoms with E-state index >= 15 is 0 Å². The minimum absolute atomic E-state index is 0. The Morgan fingerprint density at radius 1 is 1.10 bits per heavy atom. The van der Waals surface area contributed by atoms with Crippen LogP contribution in [-0.4, -0.2) is 42.1 Å². The van der Waals surface area contributed by atoms with E-state index < -0.39 is 0 Å². The lowest BCUT2D eigenvalue weighted by atomic mass is 9.96. The van der Waals surface area contributed by atoms with Gasteiger partial charge in [-0.3, -0.25) is 9.89 Å². The number of guanidine groups is 1. The molecule has 1 aromatic heterocycles. The third kappa shape index (κ3) is 6.23. The number of nitrogens with one attached hydrogen (secondary N) is 2. The molecular formula is C24H35IN4O. The lowest BCUT2D eigenvalue weighted by Gasteiger charge is -2.39. The maximum Gasteiger partial charge on any atom is 0.191 e. The number of hydrogen-bond acceptors (Lipinski definition) is 3. The van der Waals surface area contributed by atoms with Crippen LogP contribution in [0.1, 0.15) is 50.4 Å². The Labute approximate surface area is 197 Å². The van der Waals surface area contributed by atoms with Gasteiger partial charge in [-0.25, -0.2) is 0 Å². The Balaban J connectivity index is 0.00000256. The standard InChI is InChI=1S/C24H34N4O.HI/c1-2-13-25-24(26-14-12-23-9-6-15-29-23)27-20-16-21-10-11-22(17-20)28(21)18-19-7-4-3-5-8-19;/h3-9,15,20-22H,2,10-14,16-18H2,1H3,(H2,25,26,27);1H. The van der Waals surface area contributed by atoms with Crippen molar-refractivity contribution in [2.75, 3.05) is 13.1 Å². The molecule has 2 fully saturated rings. The highest BCUT2D eigenvalue weighted by Crippen LogP contribution is 2.36. The first-order chi connectivity index (χ1) is 14.3. The third-order valence-electron chi connectivity index (χ3n) is 6.17. The molecule has 0 saturated carbocycles. The van der Waals surface area contributed by atoms with E-state index in [1.807, 2.05) is 12.1 Å². The number of piperidine rings is 1. The second-order valence-corrected chi connectivity index (χ2v) is 8.34. The van der Waals surface area contributed by atoms with Gasteiger partial charge in [-0.2, -0.15) is 0 Å². The van der Waals surface area contributed by atoms with E-state index in [2.05, 4.69) is 52.8 Å². The van der Waals surface area contributed by atoms with E-state index in [4.69, 9.17) is 9.41 Å². The summed E-state index contributed by atoms with van der Waals surface area (Å²) in [5, 5.41) is 7.24. The summed E-state index contributed by atoms with van der Waals surface area (Å²) in [7, 11) is 0. The summed E-state index contributed by atoms with van der Waals surface area (Å²) in [6, 6.07) is 16.7. The highest BCUT2D eigenvalue weighted by Gasteiger charge is 2.40. The second-order valence-electron chi connectivity index (χ2n) is 8.34. The molecule has 4 rings (SSSR count). The summed E-state index contributed by atoms with van der Waals surface area (Å²) in [6.07, 6.45) is 8.72. The molecule has 2 atom stereocenters. The van der Waals surface area contributed by atoms with Gasteiger partial charge in [0.2, 0.25) is 0 Å². The molecule has 1 aromatic carbocycles. The highest BCUT2D eigenvalue weighted by molar-refractivity contribution is 14.0. The van der Waals surface area contributed by atoms with Crippen molar-refractivity contribution >= 4 is 29.9 Å². The number of aliphatic imine (C=N–C) groups is 1. The highest BCUT2D eigenvalue weighted by atomic mass is 127. The van der Waals surface area contributed by atoms with Crippen LogP contribution in [0.25, 0.3) is 0 Å². The van der Waals surface area contributed by atoms with Crippen molar-refractivity contribution in [1.82, 2.24) is 15.5 Å². The molecule has 2 bridgehead atoms. The van der Waals surface area contributed by atoms with Gasteiger partial charge in [-0.1, -0.05) is 37.3 Å². The minimum Gasteiger partial charge on any atom is -0.469 e. The van der Waals surface area contributed by atoms with E-state index in [1.165, 1.54) is 31.2 Å². The molecule has 0 spiro atoms. The molecule has 2 saturated heterocycles. The zero-order valence-corrected chi connectivity index (χ0v) is 20.3. The lowest BCUT2D eigenvalue weighted by Crippen LogP contribution is -2.52. The van der Waals surface area contributed by atoms with Gasteiger partial charge >= 0.3 is 0 Å². The molecule has 164 valence electrons. The Morgan fingerprint density at radius 3 is 2.53 bits per heavy atom. The number of benzene rings is 1. The average Bonchev–Trinajstić information content (AvgIpc) is 3.33. The fourth-order valence-corrected chi connectivity index (χ4v) is 4.77. The quantitative estimate of drug-likeness (QED) is 0.303. The van der Waals surface area contributed by atoms with Crippen LogP contribution in [0.2, 0.25) is 0 Å². The molecule has 6 heteroatoms. The lowest BCUT2D eigenvalue weighted by molar-refractivity contribution is 0.114. The summed E-state index contributed by atoms with van der Waals surface area (Å²) in [4.78, 5) is 7.50. The Bertz CT molecular complexity index is 751. The molecule has 5 nitrogen and oxygen atoms in total. The van der Waals surface area contributed by atoms with Crippen LogP contribution >= 0.6 is 24.0 Å². The van der Waals surface area contributed by atoms with Gasteiger partial charge in [0, 0.05) is 44.2 Å². The first kappa shape index (κ1) is 23.1. The monoisotopic (exact) mass is 522 g/mol. The third-order valence-corrected chi connectivity index (χ3v) is 6.17. The molecule has 2 unspecified atom stereocenters. The first-order valence-corrected chi connectivity index (χ1v) is 11.2. The molecule has 0 radical (unpaired) electrons. The van der Waals surface area contributed by atoms with E-state index in [0.717, 1.165) is 44.2 Å². The van der Waals surface area contributed by atoms with Gasteiger partial charge in [0.15, 0.2) is 5.96 Å². The normalized spacial score (nSPS) is 23.8. The molecule has 2 aliphatic rings. The number of fused-ring (bicyclic) bond motifs is 2. The van der Waals surface area contributed by atoms with Gasteiger partial charge in [0.05, 0.1) is 6.26 Å². The van der Waals surface area contributed by atoms with E-state index in [1.54, 1.807) is 6.26 Å². The van der Waals surface area contributed by atoms with Crippen molar-refractivity contribution in [3.63, 3.8) is 0 Å². The van der Waals surface area contributed by atoms with Crippen LogP contribution in [0.4, 0.5) is 0 Å². The number of nitrogens with zero attached hydrogens (tertiary/aromatic N) is 2. The van der Waals surface area contributed by atoms with Crippen molar-refractivity contribution in [2.24, 2.45) is 4.99 Å². The van der Waals surface area contributed by atoms with Gasteiger partial charge in [-0.15, -0.1) is 24.0 Å². The predicted octanol–water partition coefficient (Wildman–Crippen LogP) is 4.58. The van der Waals surface area contributed by atoms with Crippen LogP contribution in [0.3, 0.4) is 0 Å². The molecule has 2 N–H and O–H groups in total. The van der Waals surface area contributed by atoms with Crippen molar-refractivity contribution in [3.05, 3.63) is 60.1 Å². The Kier molecular flexibility index (Phi) is 9.05. The molecule has 0 aliphatic carbocycles. The fourth-order valence-electron chi connectivity index (χ4n) is 4.77. The van der Waals surface area contributed by atoms with Crippen molar-refractivity contribution in [3.8, 4) is 0 Å². The van der Waals surface area contributed by atoms with Gasteiger partial charge < -0.3 is 15.1 Å². The Hall–Kier alpha value is -1.54. The summed E-state index contributed by atoms with van der Waals surface area (Å²) >= 11 is 0. The fraction of sp³-hybridized carbons (Fsp3) is 0.542. The first-order valence-electron chi connectivity index (χ1n) is 11.2. The van der Waals surface area contributed by atoms with Crippen molar-refractivity contribution in [2.45, 2.75) is 70.1 Å². The zero-order chi connectivity index (χ0) is 19.9. The minimum atomic E-state index is 0. The van der Waals surface area contributed by atoms with Crippen LogP contribution in [0, 0.1) is 0 Å². The summed E-state index contributed by atoms with van der Waals surface area (Å²) in [5.74, 6) is 1.97. The predicted molar refractivity (Wildman–Crippen MR) is 133 cm³/mol. The topological polar surface area (TPSA) is 52.8 Å². The largest absolute Gasteiger partial charge is 0.469 e. The van der Waals surface area contributed by atoms with E-state index in [0.29, 0.717) is 18.1 Å². The van der Waals surface area contributed by atoms with E-state index in [-0.39, 0.29) is 24.0 Å². The summed E-state index contributed by atoms with van der Waals surface area (Å²) < 4.78 is 5.44. The average molecular weight is 522 g/mol. The maximum atomic E-state index is 5.44. The van der Waals surface area contributed by atoms with Crippen LogP contribution in [-0.2, 0) is 13.0 Å². The summed E-state index contributed by atoms with van der Waals surface area (Å²) in [5.41, 5.74) is 1.43. The number of furan rings is 1. The van der Waals surface area contributed by atoms with Crippen LogP contribution in [0.15, 0.2) is 58.1 Å². The van der Waals surface area contributed by atoms with Crippen molar-refractivity contribution in [1.29, 1.82) is 0 Å². The van der Waals surface area contributed by atoms with Gasteiger partial charge in [0.25, 0.3) is 0 Å². The molecule has 2 aromatic rings. The molecule has 0 amide bonds. The number of halogens is 1. The second kappa shape index (κ2) is 11.7. The van der Waals surface area contributed by atoms with Gasteiger partial charge in [0.1, 0.15) is 5.76 Å². The number of rotatable bonds is 8. The zero-order valence-electron chi connectivity index (χ0n) is 17.9. The number of hydrogen-bond donors (Lipinski definition) is 2. The maximum absolute atomic E-state index is 5.44. The van der Waals surface area contributed by atoms with E-state index in [9.17, 15) is 0 Å². The summed E-state index contributed by atoms with van der Waals surface area (Å²) in [6.45, 7) is 4.95. The SMILES string of the molecule is CCCN=C(NCCc1ccco1)NC1CC2CCC(C1)N2Cc1ccccc1.I.